The third-order valence-corrected chi connectivity index (χ3v) is 4.16. The zero-order chi connectivity index (χ0) is 16.3. The number of carbonyl (C=O) groups excluding carboxylic acids is 1. The number of amides is 1. The van der Waals surface area contributed by atoms with Crippen LogP contribution in [0.1, 0.15) is 21.6 Å². The number of benzene rings is 1. The number of morpholine rings is 1. The topological polar surface area (TPSA) is 78.5 Å². The van der Waals surface area contributed by atoms with Crippen LogP contribution in [0.25, 0.3) is 0 Å². The van der Waals surface area contributed by atoms with Crippen LogP contribution in [0.3, 0.4) is 0 Å². The Balaban J connectivity index is 1.77. The average molecular weight is 315 g/mol. The van der Waals surface area contributed by atoms with Crippen LogP contribution in [-0.4, -0.2) is 58.0 Å². The maximum absolute atomic E-state index is 12.5. The zero-order valence-corrected chi connectivity index (χ0v) is 13.2. The number of hydrogen-bond acceptors (Lipinski definition) is 4. The van der Waals surface area contributed by atoms with Crippen LogP contribution in [0.4, 0.5) is 0 Å². The average Bonchev–Trinajstić information content (AvgIpc) is 3.09. The minimum absolute atomic E-state index is 0.118. The van der Waals surface area contributed by atoms with Gasteiger partial charge in [-0.3, -0.25) is 9.89 Å². The van der Waals surface area contributed by atoms with E-state index in [0.29, 0.717) is 31.8 Å². The SMILES string of the molecule is Cc1cccc(C[C@]2(CO)CN(C(=O)c3ccn[nH]3)CCO2)c1. The molecule has 1 atom stereocenters. The van der Waals surface area contributed by atoms with Gasteiger partial charge in [-0.2, -0.15) is 5.10 Å². The number of nitrogens with one attached hydrogen (secondary N) is 1. The summed E-state index contributed by atoms with van der Waals surface area (Å²) in [6.45, 7) is 3.17. The first-order valence-electron chi connectivity index (χ1n) is 7.71. The van der Waals surface area contributed by atoms with Crippen molar-refractivity contribution in [2.24, 2.45) is 0 Å². The molecule has 1 aromatic heterocycles. The van der Waals surface area contributed by atoms with Gasteiger partial charge in [-0.05, 0) is 18.6 Å². The van der Waals surface area contributed by atoms with Gasteiger partial charge in [0.1, 0.15) is 11.3 Å². The summed E-state index contributed by atoms with van der Waals surface area (Å²) in [4.78, 5) is 14.2. The van der Waals surface area contributed by atoms with Crippen molar-refractivity contribution in [2.75, 3.05) is 26.3 Å². The van der Waals surface area contributed by atoms with Crippen molar-refractivity contribution in [3.63, 3.8) is 0 Å². The van der Waals surface area contributed by atoms with Gasteiger partial charge in [-0.1, -0.05) is 29.8 Å². The monoisotopic (exact) mass is 315 g/mol. The molecule has 0 radical (unpaired) electrons. The van der Waals surface area contributed by atoms with E-state index in [1.54, 1.807) is 17.2 Å². The summed E-state index contributed by atoms with van der Waals surface area (Å²) < 4.78 is 5.89. The van der Waals surface area contributed by atoms with E-state index in [4.69, 9.17) is 4.74 Å². The molecule has 6 nitrogen and oxygen atoms in total. The number of rotatable bonds is 4. The number of nitrogens with zero attached hydrogens (tertiary/aromatic N) is 2. The Morgan fingerprint density at radius 2 is 2.35 bits per heavy atom. The first-order valence-corrected chi connectivity index (χ1v) is 7.71. The molecular weight excluding hydrogens is 294 g/mol. The molecule has 1 amide bonds. The fourth-order valence-electron chi connectivity index (χ4n) is 3.02. The maximum Gasteiger partial charge on any atom is 0.272 e. The highest BCUT2D eigenvalue weighted by molar-refractivity contribution is 5.92. The normalized spacial score (nSPS) is 21.4. The van der Waals surface area contributed by atoms with Crippen LogP contribution < -0.4 is 0 Å². The van der Waals surface area contributed by atoms with Crippen molar-refractivity contribution in [3.05, 3.63) is 53.3 Å². The lowest BCUT2D eigenvalue weighted by atomic mass is 9.92. The van der Waals surface area contributed by atoms with Gasteiger partial charge in [0.05, 0.1) is 19.8 Å². The molecule has 6 heteroatoms. The number of aromatic amines is 1. The second-order valence-corrected chi connectivity index (χ2v) is 6.05. The summed E-state index contributed by atoms with van der Waals surface area (Å²) in [6.07, 6.45) is 2.12. The summed E-state index contributed by atoms with van der Waals surface area (Å²) in [5.41, 5.74) is 1.95. The van der Waals surface area contributed by atoms with Crippen molar-refractivity contribution in [1.82, 2.24) is 15.1 Å². The number of hydrogen-bond donors (Lipinski definition) is 2. The molecular formula is C17H21N3O3. The Morgan fingerprint density at radius 1 is 1.48 bits per heavy atom. The molecule has 0 bridgehead atoms. The molecule has 1 aliphatic heterocycles. The molecule has 0 saturated carbocycles. The molecule has 1 aromatic carbocycles. The second-order valence-electron chi connectivity index (χ2n) is 6.05. The molecule has 0 spiro atoms. The van der Waals surface area contributed by atoms with E-state index in [-0.39, 0.29) is 12.5 Å². The fourth-order valence-corrected chi connectivity index (χ4v) is 3.02. The van der Waals surface area contributed by atoms with E-state index in [1.807, 2.05) is 25.1 Å². The summed E-state index contributed by atoms with van der Waals surface area (Å²) in [5, 5.41) is 16.4. The first-order chi connectivity index (χ1) is 11.1. The first kappa shape index (κ1) is 15.7. The van der Waals surface area contributed by atoms with Crippen LogP contribution in [0.15, 0.2) is 36.5 Å². The largest absolute Gasteiger partial charge is 0.393 e. The maximum atomic E-state index is 12.5. The standard InChI is InChI=1S/C17H21N3O3/c1-13-3-2-4-14(9-13)10-17(12-21)11-20(7-8-23-17)16(22)15-5-6-18-19-15/h2-6,9,21H,7-8,10-12H2,1H3,(H,18,19)/t17-/m1/s1. The lowest BCUT2D eigenvalue weighted by molar-refractivity contribution is -0.123. The number of ether oxygens (including phenoxy) is 1. The van der Waals surface area contributed by atoms with Gasteiger partial charge < -0.3 is 14.7 Å². The van der Waals surface area contributed by atoms with Gasteiger partial charge in [0.25, 0.3) is 5.91 Å². The van der Waals surface area contributed by atoms with Crippen LogP contribution in [-0.2, 0) is 11.2 Å². The Hall–Kier alpha value is -2.18. The Labute approximate surface area is 135 Å². The Morgan fingerprint density at radius 3 is 3.04 bits per heavy atom. The second kappa shape index (κ2) is 6.52. The van der Waals surface area contributed by atoms with Crippen molar-refractivity contribution in [3.8, 4) is 0 Å². The molecule has 2 N–H and O–H groups in total. The third kappa shape index (κ3) is 3.43. The van der Waals surface area contributed by atoms with Gasteiger partial charge in [-0.25, -0.2) is 0 Å². The van der Waals surface area contributed by atoms with Gasteiger partial charge in [0.2, 0.25) is 0 Å². The van der Waals surface area contributed by atoms with Gasteiger partial charge in [0.15, 0.2) is 0 Å². The number of aryl methyl sites for hydroxylation is 1. The van der Waals surface area contributed by atoms with Crippen molar-refractivity contribution < 1.29 is 14.6 Å². The fraction of sp³-hybridized carbons (Fsp3) is 0.412. The highest BCUT2D eigenvalue weighted by Gasteiger charge is 2.38. The smallest absolute Gasteiger partial charge is 0.272 e. The molecule has 0 aliphatic carbocycles. The van der Waals surface area contributed by atoms with E-state index in [2.05, 4.69) is 16.3 Å². The summed E-state index contributed by atoms with van der Waals surface area (Å²) in [7, 11) is 0. The van der Waals surface area contributed by atoms with E-state index >= 15 is 0 Å². The minimum atomic E-state index is -0.762. The number of carbonyl (C=O) groups is 1. The summed E-state index contributed by atoms with van der Waals surface area (Å²) >= 11 is 0. The molecule has 1 fully saturated rings. The molecule has 2 aromatic rings. The molecule has 0 unspecified atom stereocenters. The summed E-state index contributed by atoms with van der Waals surface area (Å²) in [6, 6.07) is 9.77. The van der Waals surface area contributed by atoms with Crippen LogP contribution >= 0.6 is 0 Å². The van der Waals surface area contributed by atoms with Crippen molar-refractivity contribution in [1.29, 1.82) is 0 Å². The van der Waals surface area contributed by atoms with E-state index < -0.39 is 5.60 Å². The van der Waals surface area contributed by atoms with Crippen LogP contribution in [0.2, 0.25) is 0 Å². The van der Waals surface area contributed by atoms with E-state index in [1.165, 1.54) is 0 Å². The Kier molecular flexibility index (Phi) is 4.45. The third-order valence-electron chi connectivity index (χ3n) is 4.16. The minimum Gasteiger partial charge on any atom is -0.393 e. The quantitative estimate of drug-likeness (QED) is 0.887. The predicted molar refractivity (Wildman–Crippen MR) is 85.1 cm³/mol. The highest BCUT2D eigenvalue weighted by Crippen LogP contribution is 2.24. The molecule has 1 aliphatic rings. The predicted octanol–water partition coefficient (Wildman–Crippen LogP) is 1.16. The molecule has 1 saturated heterocycles. The molecule has 122 valence electrons. The summed E-state index contributed by atoms with van der Waals surface area (Å²) in [5.74, 6) is -0.118. The molecule has 23 heavy (non-hydrogen) atoms. The lowest BCUT2D eigenvalue weighted by Gasteiger charge is -2.41. The van der Waals surface area contributed by atoms with Gasteiger partial charge >= 0.3 is 0 Å². The van der Waals surface area contributed by atoms with Gasteiger partial charge in [0, 0.05) is 19.2 Å². The Bertz CT molecular complexity index is 671. The van der Waals surface area contributed by atoms with Gasteiger partial charge in [-0.15, -0.1) is 0 Å². The molecule has 3 rings (SSSR count). The molecule has 2 heterocycles. The number of aromatic nitrogens is 2. The number of aliphatic hydroxyl groups is 1. The van der Waals surface area contributed by atoms with E-state index in [9.17, 15) is 9.90 Å². The highest BCUT2D eigenvalue weighted by atomic mass is 16.5. The van der Waals surface area contributed by atoms with Crippen molar-refractivity contribution >= 4 is 5.91 Å². The van der Waals surface area contributed by atoms with Crippen LogP contribution in [0, 0.1) is 6.92 Å². The zero-order valence-electron chi connectivity index (χ0n) is 13.2. The van der Waals surface area contributed by atoms with Crippen molar-refractivity contribution in [2.45, 2.75) is 18.9 Å². The lowest BCUT2D eigenvalue weighted by Crippen LogP contribution is -2.56. The number of H-pyrrole nitrogens is 1. The van der Waals surface area contributed by atoms with E-state index in [0.717, 1.165) is 11.1 Å². The number of aliphatic hydroxyl groups excluding tert-OH is 1. The van der Waals surface area contributed by atoms with Crippen LogP contribution in [0.5, 0.6) is 0 Å².